The van der Waals surface area contributed by atoms with Gasteiger partial charge in [-0.25, -0.2) is 4.39 Å². The molecule has 0 spiro atoms. The van der Waals surface area contributed by atoms with E-state index in [1.165, 1.54) is 12.1 Å². The predicted molar refractivity (Wildman–Crippen MR) is 58.5 cm³/mol. The zero-order chi connectivity index (χ0) is 12.3. The first-order valence-electron chi connectivity index (χ1n) is 4.69. The highest BCUT2D eigenvalue weighted by Gasteiger charge is 2.22. The zero-order valence-corrected chi connectivity index (χ0v) is 9.15. The molecule has 1 aromatic rings. The van der Waals surface area contributed by atoms with Crippen molar-refractivity contribution in [3.63, 3.8) is 0 Å². The molecule has 0 aliphatic rings. The summed E-state index contributed by atoms with van der Waals surface area (Å²) in [5.41, 5.74) is 5.20. The van der Waals surface area contributed by atoms with E-state index in [1.807, 2.05) is 0 Å². The van der Waals surface area contributed by atoms with Gasteiger partial charge in [-0.1, -0.05) is 17.7 Å². The highest BCUT2D eigenvalue weighted by molar-refractivity contribution is 6.31. The molecule has 4 nitrogen and oxygen atoms in total. The van der Waals surface area contributed by atoms with Crippen LogP contribution in [0.5, 0.6) is 0 Å². The number of hydrogen-bond acceptors (Lipinski definition) is 4. The third-order valence-corrected chi connectivity index (χ3v) is 2.63. The SMILES string of the molecule is Nc1ccc(C(O)C(O)CCO)c(Cl)c1F. The van der Waals surface area contributed by atoms with Gasteiger partial charge in [-0.15, -0.1) is 0 Å². The third kappa shape index (κ3) is 2.62. The molecule has 5 N–H and O–H groups in total. The van der Waals surface area contributed by atoms with Gasteiger partial charge in [0.05, 0.1) is 16.8 Å². The van der Waals surface area contributed by atoms with Gasteiger partial charge in [0.2, 0.25) is 0 Å². The number of benzene rings is 1. The van der Waals surface area contributed by atoms with Crippen LogP contribution in [0.25, 0.3) is 0 Å². The second-order valence-corrected chi connectivity index (χ2v) is 3.77. The Balaban J connectivity index is 3.00. The molecule has 0 saturated carbocycles. The molecule has 0 aromatic heterocycles. The van der Waals surface area contributed by atoms with E-state index in [0.29, 0.717) is 0 Å². The monoisotopic (exact) mass is 249 g/mol. The molecule has 0 fully saturated rings. The van der Waals surface area contributed by atoms with Crippen LogP contribution in [-0.2, 0) is 0 Å². The van der Waals surface area contributed by atoms with E-state index < -0.39 is 18.0 Å². The summed E-state index contributed by atoms with van der Waals surface area (Å²) in [6.07, 6.45) is -2.58. The van der Waals surface area contributed by atoms with Gasteiger partial charge in [0.25, 0.3) is 0 Å². The summed E-state index contributed by atoms with van der Waals surface area (Å²) in [5, 5.41) is 27.4. The molecule has 2 atom stereocenters. The van der Waals surface area contributed by atoms with Crippen molar-refractivity contribution in [2.24, 2.45) is 0 Å². The quantitative estimate of drug-likeness (QED) is 0.596. The van der Waals surface area contributed by atoms with Gasteiger partial charge in [-0.3, -0.25) is 0 Å². The molecular formula is C10H13ClFNO3. The fourth-order valence-corrected chi connectivity index (χ4v) is 1.59. The van der Waals surface area contributed by atoms with Crippen molar-refractivity contribution >= 4 is 17.3 Å². The number of halogens is 2. The van der Waals surface area contributed by atoms with Crippen molar-refractivity contribution < 1.29 is 19.7 Å². The molecule has 0 radical (unpaired) electrons. The summed E-state index contributed by atoms with van der Waals surface area (Å²) in [5.74, 6) is -0.825. The minimum absolute atomic E-state index is 0.0243. The Bertz CT molecular complexity index is 375. The van der Waals surface area contributed by atoms with Crippen molar-refractivity contribution in [1.29, 1.82) is 0 Å². The van der Waals surface area contributed by atoms with Crippen LogP contribution >= 0.6 is 11.6 Å². The van der Waals surface area contributed by atoms with Gasteiger partial charge in [0.1, 0.15) is 6.10 Å². The smallest absolute Gasteiger partial charge is 0.165 e. The van der Waals surface area contributed by atoms with Gasteiger partial charge in [-0.2, -0.15) is 0 Å². The minimum atomic E-state index is -1.35. The maximum Gasteiger partial charge on any atom is 0.165 e. The zero-order valence-electron chi connectivity index (χ0n) is 8.40. The fourth-order valence-electron chi connectivity index (χ4n) is 1.31. The lowest BCUT2D eigenvalue weighted by Crippen LogP contribution is -2.20. The number of aliphatic hydroxyl groups is 3. The van der Waals surface area contributed by atoms with E-state index in [1.54, 1.807) is 0 Å². The third-order valence-electron chi connectivity index (χ3n) is 2.25. The molecule has 1 aromatic carbocycles. The van der Waals surface area contributed by atoms with Gasteiger partial charge < -0.3 is 21.1 Å². The van der Waals surface area contributed by atoms with Crippen LogP contribution in [0.2, 0.25) is 5.02 Å². The molecule has 0 aliphatic carbocycles. The van der Waals surface area contributed by atoms with E-state index in [2.05, 4.69) is 0 Å². The highest BCUT2D eigenvalue weighted by Crippen LogP contribution is 2.31. The van der Waals surface area contributed by atoms with E-state index >= 15 is 0 Å². The van der Waals surface area contributed by atoms with Crippen molar-refractivity contribution in [1.82, 2.24) is 0 Å². The Labute approximate surface area is 97.1 Å². The second kappa shape index (κ2) is 5.45. The lowest BCUT2D eigenvalue weighted by molar-refractivity contribution is 0.00414. The molecule has 2 unspecified atom stereocenters. The Kier molecular flexibility index (Phi) is 4.49. The maximum atomic E-state index is 13.3. The summed E-state index contributed by atoms with van der Waals surface area (Å²) in [7, 11) is 0. The van der Waals surface area contributed by atoms with Crippen LogP contribution in [-0.4, -0.2) is 28.0 Å². The highest BCUT2D eigenvalue weighted by atomic mass is 35.5. The molecule has 0 amide bonds. The Morgan fingerprint density at radius 1 is 1.38 bits per heavy atom. The first kappa shape index (κ1) is 13.2. The standard InChI is InChI=1S/C10H13ClFNO3/c11-8-5(1-2-6(13)9(8)12)10(16)7(15)3-4-14/h1-2,7,10,14-16H,3-4,13H2. The van der Waals surface area contributed by atoms with Gasteiger partial charge in [-0.05, 0) is 12.5 Å². The number of aliphatic hydroxyl groups excluding tert-OH is 3. The van der Waals surface area contributed by atoms with Gasteiger partial charge >= 0.3 is 0 Å². The van der Waals surface area contributed by atoms with Crippen LogP contribution in [0.3, 0.4) is 0 Å². The van der Waals surface area contributed by atoms with E-state index in [0.717, 1.165) is 0 Å². The summed E-state index contributed by atoms with van der Waals surface area (Å²) in [4.78, 5) is 0. The van der Waals surface area contributed by atoms with Gasteiger partial charge in [0.15, 0.2) is 5.82 Å². The Morgan fingerprint density at radius 3 is 2.56 bits per heavy atom. The van der Waals surface area contributed by atoms with Crippen molar-refractivity contribution in [2.75, 3.05) is 12.3 Å². The van der Waals surface area contributed by atoms with E-state index in [-0.39, 0.29) is 29.3 Å². The predicted octanol–water partition coefficient (Wildman–Crippen LogP) is 0.838. The number of rotatable bonds is 4. The Morgan fingerprint density at radius 2 is 2.00 bits per heavy atom. The summed E-state index contributed by atoms with van der Waals surface area (Å²) in [6.45, 7) is -0.284. The Hall–Kier alpha value is -0.880. The summed E-state index contributed by atoms with van der Waals surface area (Å²) < 4.78 is 13.3. The molecule has 90 valence electrons. The van der Waals surface area contributed by atoms with Crippen LogP contribution < -0.4 is 5.73 Å². The molecule has 0 aliphatic heterocycles. The minimum Gasteiger partial charge on any atom is -0.396 e. The molecular weight excluding hydrogens is 237 g/mol. The largest absolute Gasteiger partial charge is 0.396 e. The lowest BCUT2D eigenvalue weighted by atomic mass is 10.0. The normalized spacial score (nSPS) is 14.8. The molecule has 0 bridgehead atoms. The number of anilines is 1. The molecule has 6 heteroatoms. The van der Waals surface area contributed by atoms with E-state index in [4.69, 9.17) is 22.4 Å². The first-order chi connectivity index (χ1) is 7.49. The molecule has 1 rings (SSSR count). The number of nitrogen functional groups attached to an aromatic ring is 1. The average molecular weight is 250 g/mol. The molecule has 16 heavy (non-hydrogen) atoms. The van der Waals surface area contributed by atoms with Gasteiger partial charge in [0, 0.05) is 12.2 Å². The van der Waals surface area contributed by atoms with Crippen molar-refractivity contribution in [3.8, 4) is 0 Å². The van der Waals surface area contributed by atoms with Crippen LogP contribution in [0.15, 0.2) is 12.1 Å². The fraction of sp³-hybridized carbons (Fsp3) is 0.400. The van der Waals surface area contributed by atoms with Crippen molar-refractivity contribution in [2.45, 2.75) is 18.6 Å². The summed E-state index contributed by atoms with van der Waals surface area (Å²) in [6, 6.07) is 2.59. The number of nitrogens with two attached hydrogens (primary N) is 1. The first-order valence-corrected chi connectivity index (χ1v) is 5.07. The topological polar surface area (TPSA) is 86.7 Å². The maximum absolute atomic E-state index is 13.3. The number of hydrogen-bond donors (Lipinski definition) is 4. The van der Waals surface area contributed by atoms with Crippen LogP contribution in [0.4, 0.5) is 10.1 Å². The van der Waals surface area contributed by atoms with Crippen molar-refractivity contribution in [3.05, 3.63) is 28.5 Å². The van der Waals surface area contributed by atoms with Crippen LogP contribution in [0.1, 0.15) is 18.1 Å². The second-order valence-electron chi connectivity index (χ2n) is 3.40. The average Bonchev–Trinajstić information content (AvgIpc) is 2.26. The molecule has 0 heterocycles. The van der Waals surface area contributed by atoms with Crippen LogP contribution in [0, 0.1) is 5.82 Å². The van der Waals surface area contributed by atoms with E-state index in [9.17, 15) is 14.6 Å². The lowest BCUT2D eigenvalue weighted by Gasteiger charge is -2.18. The summed E-state index contributed by atoms with van der Waals surface area (Å²) >= 11 is 5.65. The molecule has 0 saturated heterocycles.